The fourth-order valence-electron chi connectivity index (χ4n) is 4.20. The highest BCUT2D eigenvalue weighted by atomic mass is 32.2. The maximum Gasteiger partial charge on any atom is 0.416 e. The number of aromatic nitrogens is 2. The number of halogens is 3. The Morgan fingerprint density at radius 2 is 1.71 bits per heavy atom. The maximum absolute atomic E-state index is 13.5. The predicted octanol–water partition coefficient (Wildman–Crippen LogP) is 5.46. The molecule has 1 N–H and O–H groups in total. The highest BCUT2D eigenvalue weighted by Crippen LogP contribution is 2.33. The summed E-state index contributed by atoms with van der Waals surface area (Å²) < 4.78 is 71.4. The monoisotopic (exact) mass is 599 g/mol. The van der Waals surface area contributed by atoms with Crippen LogP contribution in [-0.2, 0) is 32.3 Å². The van der Waals surface area contributed by atoms with Crippen molar-refractivity contribution >= 4 is 38.7 Å². The number of sulfonamides is 1. The van der Waals surface area contributed by atoms with Gasteiger partial charge >= 0.3 is 6.18 Å². The summed E-state index contributed by atoms with van der Waals surface area (Å²) in [5, 5.41) is 4.52. The number of aryl methyl sites for hydroxylation is 1. The van der Waals surface area contributed by atoms with Crippen molar-refractivity contribution in [2.24, 2.45) is 0 Å². The Hall–Kier alpha value is -4.29. The molecule has 1 atom stereocenters. The molecule has 0 unspecified atom stereocenters. The third kappa shape index (κ3) is 7.71. The van der Waals surface area contributed by atoms with Gasteiger partial charge in [-0.3, -0.25) is 19.0 Å². The second kappa shape index (κ2) is 12.3. The summed E-state index contributed by atoms with van der Waals surface area (Å²) >= 11 is 0. The second-order valence-electron chi connectivity index (χ2n) is 9.78. The molecule has 0 radical (unpaired) electrons. The van der Waals surface area contributed by atoms with Crippen LogP contribution in [0.2, 0.25) is 0 Å². The van der Waals surface area contributed by atoms with E-state index in [4.69, 9.17) is 4.74 Å². The quantitative estimate of drug-likeness (QED) is 0.243. The largest absolute Gasteiger partial charge is 0.416 e. The van der Waals surface area contributed by atoms with Gasteiger partial charge in [0, 0.05) is 10.9 Å². The van der Waals surface area contributed by atoms with E-state index in [2.05, 4.69) is 5.10 Å². The van der Waals surface area contributed by atoms with Gasteiger partial charge in [0.2, 0.25) is 15.8 Å². The Labute approximate surface area is 240 Å². The number of ether oxygens (including phenoxy) is 1. The highest BCUT2D eigenvalue weighted by Gasteiger charge is 2.32. The predicted molar refractivity (Wildman–Crippen MR) is 152 cm³/mol. The molecule has 4 aromatic rings. The number of ketones is 1. The summed E-state index contributed by atoms with van der Waals surface area (Å²) in [6.07, 6.45) is -0.599. The number of fused-ring (bicyclic) bond motifs is 1. The van der Waals surface area contributed by atoms with Crippen LogP contribution in [0.5, 0.6) is 0 Å². The van der Waals surface area contributed by atoms with Crippen molar-refractivity contribution in [2.75, 3.05) is 12.9 Å². The minimum atomic E-state index is -4.57. The smallest absolute Gasteiger partial charge is 0.364 e. The molecule has 0 bridgehead atoms. The zero-order chi connectivity index (χ0) is 30.7. The van der Waals surface area contributed by atoms with Gasteiger partial charge in [-0.05, 0) is 43.2 Å². The molecule has 0 aliphatic carbocycles. The number of allylic oxidation sites excluding steroid dienone is 1. The van der Waals surface area contributed by atoms with Crippen molar-refractivity contribution in [2.45, 2.75) is 32.7 Å². The van der Waals surface area contributed by atoms with E-state index in [-0.39, 0.29) is 17.6 Å². The molecule has 8 nitrogen and oxygen atoms in total. The van der Waals surface area contributed by atoms with E-state index in [0.717, 1.165) is 35.1 Å². The lowest BCUT2D eigenvalue weighted by Gasteiger charge is -2.13. The minimum absolute atomic E-state index is 0.0584. The van der Waals surface area contributed by atoms with Gasteiger partial charge in [-0.2, -0.15) is 18.3 Å². The van der Waals surface area contributed by atoms with Crippen LogP contribution in [0, 0.1) is 6.92 Å². The Balaban J connectivity index is 1.51. The van der Waals surface area contributed by atoms with Crippen LogP contribution >= 0.6 is 0 Å². The van der Waals surface area contributed by atoms with Crippen LogP contribution in [0.4, 0.5) is 13.2 Å². The lowest BCUT2D eigenvalue weighted by atomic mass is 10.0. The molecular weight excluding hydrogens is 571 g/mol. The van der Waals surface area contributed by atoms with E-state index in [1.54, 1.807) is 55.5 Å². The first-order valence-corrected chi connectivity index (χ1v) is 14.7. The van der Waals surface area contributed by atoms with Crippen molar-refractivity contribution in [3.8, 4) is 0 Å². The average Bonchev–Trinajstić information content (AvgIpc) is 3.28. The first-order valence-electron chi connectivity index (χ1n) is 12.8. The normalized spacial score (nSPS) is 13.0. The third-order valence-electron chi connectivity index (χ3n) is 6.36. The molecule has 1 amide bonds. The topological polar surface area (TPSA) is 107 Å². The van der Waals surface area contributed by atoms with Crippen molar-refractivity contribution < 1.29 is 35.9 Å². The van der Waals surface area contributed by atoms with E-state index in [1.807, 2.05) is 23.8 Å². The number of benzene rings is 3. The van der Waals surface area contributed by atoms with E-state index >= 15 is 0 Å². The number of hydrogen-bond donors (Lipinski definition) is 1. The molecule has 1 aromatic heterocycles. The molecule has 12 heteroatoms. The van der Waals surface area contributed by atoms with E-state index in [9.17, 15) is 31.2 Å². The molecule has 220 valence electrons. The second-order valence-corrected chi connectivity index (χ2v) is 11.5. The van der Waals surface area contributed by atoms with Gasteiger partial charge in [0.15, 0.2) is 0 Å². The number of alkyl halides is 3. The van der Waals surface area contributed by atoms with E-state index in [0.29, 0.717) is 11.1 Å². The Bertz CT molecular complexity index is 1740. The Morgan fingerprint density at radius 1 is 1.05 bits per heavy atom. The SMILES string of the molecule is Cc1ccc(C(=O)c2nn(C/C=C/c3ccc([C@@H](C)OCC(=O)NS(C)(=O)=O)cc3)c3ccc(C(F)(F)F)cc23)cc1. The molecule has 4 rings (SSSR count). The first kappa shape index (κ1) is 30.7. The average molecular weight is 600 g/mol. The number of nitrogens with zero attached hydrogens (tertiary/aromatic N) is 2. The number of carbonyl (C=O) groups excluding carboxylic acids is 2. The Kier molecular flexibility index (Phi) is 8.97. The number of nitrogens with one attached hydrogen (secondary N) is 1. The van der Waals surface area contributed by atoms with Crippen LogP contribution in [0.25, 0.3) is 17.0 Å². The van der Waals surface area contributed by atoms with Gasteiger partial charge in [-0.15, -0.1) is 0 Å². The lowest BCUT2D eigenvalue weighted by Crippen LogP contribution is -2.32. The third-order valence-corrected chi connectivity index (χ3v) is 6.96. The molecule has 0 fully saturated rings. The fourth-order valence-corrected chi connectivity index (χ4v) is 4.68. The van der Waals surface area contributed by atoms with E-state index in [1.165, 1.54) is 10.7 Å². The van der Waals surface area contributed by atoms with Crippen LogP contribution in [0.1, 0.15) is 51.3 Å². The van der Waals surface area contributed by atoms with Crippen molar-refractivity contribution in [1.82, 2.24) is 14.5 Å². The number of rotatable bonds is 10. The van der Waals surface area contributed by atoms with Crippen LogP contribution in [0.3, 0.4) is 0 Å². The van der Waals surface area contributed by atoms with Gasteiger partial charge in [0.1, 0.15) is 12.3 Å². The summed E-state index contributed by atoms with van der Waals surface area (Å²) in [6, 6.07) is 17.2. The summed E-state index contributed by atoms with van der Waals surface area (Å²) in [5.74, 6) is -1.24. The van der Waals surface area contributed by atoms with Gasteiger partial charge in [-0.1, -0.05) is 66.2 Å². The van der Waals surface area contributed by atoms with Crippen LogP contribution in [-0.4, -0.2) is 42.8 Å². The van der Waals surface area contributed by atoms with Gasteiger partial charge in [0.25, 0.3) is 5.91 Å². The standard InChI is InChI=1S/C30H28F3N3O5S/c1-19-6-10-23(11-7-19)29(38)28-25-17-24(30(31,32)33)14-15-26(25)36(34-28)16-4-5-21-8-12-22(13-9-21)20(2)41-18-27(37)35-42(3,39)40/h4-15,17,20H,16,18H2,1-3H3,(H,35,37)/b5-4+/t20-/m1/s1. The van der Waals surface area contributed by atoms with Gasteiger partial charge < -0.3 is 4.74 Å². The van der Waals surface area contributed by atoms with Crippen molar-refractivity contribution in [3.63, 3.8) is 0 Å². The fraction of sp³-hybridized carbons (Fsp3) is 0.233. The summed E-state index contributed by atoms with van der Waals surface area (Å²) in [5.41, 5.74) is 2.32. The zero-order valence-corrected chi connectivity index (χ0v) is 23.8. The number of carbonyl (C=O) groups is 2. The molecule has 0 saturated heterocycles. The molecule has 0 aliphatic heterocycles. The minimum Gasteiger partial charge on any atom is -0.364 e. The van der Waals surface area contributed by atoms with Gasteiger partial charge in [0.05, 0.1) is 30.0 Å². The molecular formula is C30H28F3N3O5S. The number of hydrogen-bond acceptors (Lipinski definition) is 6. The Morgan fingerprint density at radius 3 is 2.33 bits per heavy atom. The van der Waals surface area contributed by atoms with Gasteiger partial charge in [-0.25, -0.2) is 8.42 Å². The van der Waals surface area contributed by atoms with E-state index < -0.39 is 46.2 Å². The molecule has 3 aromatic carbocycles. The van der Waals surface area contributed by atoms with Crippen LogP contribution < -0.4 is 4.72 Å². The van der Waals surface area contributed by atoms with Crippen LogP contribution in [0.15, 0.2) is 72.8 Å². The molecule has 1 heterocycles. The lowest BCUT2D eigenvalue weighted by molar-refractivity contribution is -0.137. The molecule has 0 saturated carbocycles. The van der Waals surface area contributed by atoms with Crippen molar-refractivity contribution in [3.05, 3.63) is 106 Å². The molecule has 0 spiro atoms. The number of amides is 1. The summed E-state index contributed by atoms with van der Waals surface area (Å²) in [7, 11) is -3.66. The summed E-state index contributed by atoms with van der Waals surface area (Å²) in [6.45, 7) is 3.36. The molecule has 0 aliphatic rings. The maximum atomic E-state index is 13.5. The summed E-state index contributed by atoms with van der Waals surface area (Å²) in [4.78, 5) is 24.9. The molecule has 42 heavy (non-hydrogen) atoms. The van der Waals surface area contributed by atoms with Crippen molar-refractivity contribution in [1.29, 1.82) is 0 Å². The zero-order valence-electron chi connectivity index (χ0n) is 23.0. The first-order chi connectivity index (χ1) is 19.7. The highest BCUT2D eigenvalue weighted by molar-refractivity contribution is 7.89.